The Morgan fingerprint density at radius 3 is 1.26 bits per heavy atom. The van der Waals surface area contributed by atoms with Crippen LogP contribution in [0.5, 0.6) is 0 Å². The molecule has 4 heterocycles. The van der Waals surface area contributed by atoms with Crippen molar-refractivity contribution in [1.82, 2.24) is 0 Å². The highest BCUT2D eigenvalue weighted by Crippen LogP contribution is 2.34. The van der Waals surface area contributed by atoms with Gasteiger partial charge in [0.2, 0.25) is 0 Å². The molecule has 4 unspecified atom stereocenters. The van der Waals surface area contributed by atoms with Crippen LogP contribution >= 0.6 is 0 Å². The van der Waals surface area contributed by atoms with Gasteiger partial charge in [-0.3, -0.25) is 4.79 Å². The van der Waals surface area contributed by atoms with E-state index in [1.165, 1.54) is 26.6 Å². The Hall–Kier alpha value is -4.17. The Labute approximate surface area is 362 Å². The number of hydrogen-bond acceptors (Lipinski definition) is 15. The van der Waals surface area contributed by atoms with Gasteiger partial charge in [-0.15, -0.1) is 6.58 Å². The average molecular weight is 889 g/mol. The molecule has 4 aliphatic heterocycles. The molecule has 0 aliphatic carbocycles. The van der Waals surface area contributed by atoms with Crippen molar-refractivity contribution in [2.24, 2.45) is 0 Å². The van der Waals surface area contributed by atoms with E-state index < -0.39 is 23.7 Å². The van der Waals surface area contributed by atoms with Gasteiger partial charge in [-0.2, -0.15) is 13.2 Å². The van der Waals surface area contributed by atoms with Crippen LogP contribution in [0.1, 0.15) is 54.9 Å². The number of halogens is 3. The zero-order valence-electron chi connectivity index (χ0n) is 39.0. The van der Waals surface area contributed by atoms with Crippen LogP contribution < -0.4 is 0 Å². The highest BCUT2D eigenvalue weighted by Gasteiger charge is 2.43. The van der Waals surface area contributed by atoms with Gasteiger partial charge in [0.15, 0.2) is 5.78 Å². The summed E-state index contributed by atoms with van der Waals surface area (Å²) in [4.78, 5) is 40.2. The Morgan fingerprint density at radius 2 is 1.21 bits per heavy atom. The molecular weight excluding hydrogens is 813 g/mol. The fourth-order valence-corrected chi connectivity index (χ4v) is 2.14. The monoisotopic (exact) mass is 889 g/mol. The summed E-state index contributed by atoms with van der Waals surface area (Å²) in [6.07, 6.45) is 2.92. The highest BCUT2D eigenvalue weighted by atomic mass is 19.4. The Morgan fingerprint density at radius 1 is 0.787 bits per heavy atom. The van der Waals surface area contributed by atoms with Crippen molar-refractivity contribution in [3.63, 3.8) is 0 Å². The van der Waals surface area contributed by atoms with E-state index >= 15 is 0 Å². The molecule has 15 nitrogen and oxygen atoms in total. The van der Waals surface area contributed by atoms with E-state index in [2.05, 4.69) is 90.9 Å². The number of ketones is 1. The van der Waals surface area contributed by atoms with Crippen molar-refractivity contribution in [2.75, 3.05) is 89.4 Å². The van der Waals surface area contributed by atoms with E-state index in [1.807, 2.05) is 13.8 Å². The van der Waals surface area contributed by atoms with Gasteiger partial charge < -0.3 is 52.1 Å². The van der Waals surface area contributed by atoms with Gasteiger partial charge >= 0.3 is 24.1 Å². The second-order valence-electron chi connectivity index (χ2n) is 12.7. The molecule has 4 saturated heterocycles. The van der Waals surface area contributed by atoms with Gasteiger partial charge in [-0.1, -0.05) is 45.9 Å². The number of ether oxygens (including phenoxy) is 11. The predicted octanol–water partition coefficient (Wildman–Crippen LogP) is 7.15. The lowest BCUT2D eigenvalue weighted by Crippen LogP contribution is -2.19. The maximum absolute atomic E-state index is 11.5. The second kappa shape index (κ2) is 42.5. The third-order valence-corrected chi connectivity index (χ3v) is 6.45. The SMILES string of the molecule is C=C(C(=O)OC)C(F)(F)F.C=C(C)C(=O)OC.C=CC(=O)CC.C=CC(=O)OC.C=CCOC.C=COC.CC1CO1.CC1OC1(C)C.COCC1(C)CO1.COCC1CO1. The molecule has 4 aliphatic rings. The zero-order chi connectivity index (χ0) is 49.3. The van der Waals surface area contributed by atoms with E-state index in [0.29, 0.717) is 36.9 Å². The Kier molecular flexibility index (Phi) is 47.8. The molecule has 0 saturated carbocycles. The lowest BCUT2D eigenvalue weighted by atomic mass is 10.2. The number of allylic oxidation sites excluding steroid dienone is 1. The summed E-state index contributed by atoms with van der Waals surface area (Å²) >= 11 is 0. The smallest absolute Gasteiger partial charge is 0.422 e. The molecule has 0 amide bonds. The number of carbonyl (C=O) groups excluding carboxylic acids is 4. The van der Waals surface area contributed by atoms with Crippen molar-refractivity contribution < 1.29 is 84.5 Å². The van der Waals surface area contributed by atoms with Crippen LogP contribution in [0, 0.1) is 0 Å². The minimum Gasteiger partial charge on any atom is -0.505 e. The molecule has 0 radical (unpaired) electrons. The molecule has 4 rings (SSSR count). The standard InChI is InChI=1S/C5H5F3O2.C5H10O2.C5H8O2.C5H10O.C5H8O.C4H8O2.C4H6O2.C4H8O.2C3H6O/c1-3(4(9)10-2)5(6,7)8;1-5(3-6-2)4-7-5;1-4(2)5(6)7-3;1-4-5(2,3)6-4;1-3-5(6)4-2;1-5-2-4-3-6-4;1-3-4(5)6-2;1-3-4-5-2;1-3-2-4-3;1-3-4-2/h1H2,2H3;3-4H2,1-2H3;1H2,2-3H3;4H,1-3H3;3H,1,4H2,2H3;4H,2-3H2,1H3;3H,1H2,2H3;3H,1,4H2,2H3;3H,2H2,1H3;3H,1H2,2H3. The summed E-state index contributed by atoms with van der Waals surface area (Å²) in [6.45, 7) is 37.6. The van der Waals surface area contributed by atoms with Crippen LogP contribution in [0.3, 0.4) is 0 Å². The zero-order valence-corrected chi connectivity index (χ0v) is 39.0. The van der Waals surface area contributed by atoms with E-state index in [4.69, 9.17) is 28.4 Å². The number of methoxy groups -OCH3 is 7. The number of carbonyl (C=O) groups is 4. The predicted molar refractivity (Wildman–Crippen MR) is 229 cm³/mol. The number of hydrogen-bond donors (Lipinski definition) is 0. The van der Waals surface area contributed by atoms with Crippen LogP contribution in [0.2, 0.25) is 0 Å². The first kappa shape index (κ1) is 68.6. The molecule has 0 spiro atoms. The number of esters is 3. The van der Waals surface area contributed by atoms with Crippen molar-refractivity contribution in [3.05, 3.63) is 75.1 Å². The fraction of sp³-hybridized carbons (Fsp3) is 0.628. The maximum atomic E-state index is 11.5. The summed E-state index contributed by atoms with van der Waals surface area (Å²) in [7, 11) is 10.1. The molecule has 0 aromatic carbocycles. The molecule has 0 N–H and O–H groups in total. The quantitative estimate of drug-likeness (QED) is 0.0481. The van der Waals surface area contributed by atoms with Crippen molar-refractivity contribution in [2.45, 2.75) is 90.6 Å². The molecule has 18 heteroatoms. The summed E-state index contributed by atoms with van der Waals surface area (Å²) in [6, 6.07) is 0. The second-order valence-corrected chi connectivity index (χ2v) is 12.7. The fourth-order valence-electron chi connectivity index (χ4n) is 2.14. The minimum atomic E-state index is -4.69. The van der Waals surface area contributed by atoms with Crippen LogP contribution in [0.15, 0.2) is 75.1 Å². The lowest BCUT2D eigenvalue weighted by molar-refractivity contribution is -0.148. The molecular formula is C43H75F3O15. The van der Waals surface area contributed by atoms with Crippen LogP contribution in [-0.4, -0.2) is 149 Å². The molecule has 358 valence electrons. The maximum Gasteiger partial charge on any atom is 0.422 e. The van der Waals surface area contributed by atoms with Crippen molar-refractivity contribution in [1.29, 1.82) is 0 Å². The largest absolute Gasteiger partial charge is 0.505 e. The van der Waals surface area contributed by atoms with E-state index in [-0.39, 0.29) is 23.0 Å². The van der Waals surface area contributed by atoms with Crippen LogP contribution in [-0.2, 0) is 71.3 Å². The number of epoxide rings is 4. The first-order valence-corrected chi connectivity index (χ1v) is 18.4. The topological polar surface area (TPSA) is 183 Å². The first-order valence-electron chi connectivity index (χ1n) is 18.4. The summed E-state index contributed by atoms with van der Waals surface area (Å²) < 4.78 is 84.8. The van der Waals surface area contributed by atoms with Crippen molar-refractivity contribution in [3.8, 4) is 0 Å². The first-order chi connectivity index (χ1) is 28.2. The van der Waals surface area contributed by atoms with Crippen LogP contribution in [0.25, 0.3) is 0 Å². The molecule has 0 bridgehead atoms. The Bertz CT molecular complexity index is 1200. The van der Waals surface area contributed by atoms with Gasteiger partial charge in [0, 0.05) is 39.4 Å². The van der Waals surface area contributed by atoms with Gasteiger partial charge in [0.05, 0.1) is 92.2 Å². The third-order valence-electron chi connectivity index (χ3n) is 6.45. The minimum absolute atomic E-state index is 0.0781. The average Bonchev–Trinajstić information content (AvgIpc) is 4.06. The summed E-state index contributed by atoms with van der Waals surface area (Å²) in [5.74, 6) is -2.09. The molecule has 61 heavy (non-hydrogen) atoms. The van der Waals surface area contributed by atoms with E-state index in [0.717, 1.165) is 46.2 Å². The van der Waals surface area contributed by atoms with E-state index in [9.17, 15) is 32.3 Å². The van der Waals surface area contributed by atoms with Gasteiger partial charge in [-0.25, -0.2) is 14.4 Å². The normalized spacial score (nSPS) is 18.9. The number of rotatable bonds is 12. The summed E-state index contributed by atoms with van der Waals surface area (Å²) in [5, 5.41) is 0. The molecule has 0 aromatic heterocycles. The molecule has 0 aromatic rings. The van der Waals surface area contributed by atoms with E-state index in [1.54, 1.807) is 41.4 Å². The highest BCUT2D eigenvalue weighted by molar-refractivity contribution is 5.89. The van der Waals surface area contributed by atoms with Gasteiger partial charge in [0.25, 0.3) is 0 Å². The summed E-state index contributed by atoms with van der Waals surface area (Å²) in [5.41, 5.74) is -0.771. The van der Waals surface area contributed by atoms with Gasteiger partial charge in [0.1, 0.15) is 17.3 Å². The third kappa shape index (κ3) is 60.2. The lowest BCUT2D eigenvalue weighted by Gasteiger charge is -2.05. The van der Waals surface area contributed by atoms with Gasteiger partial charge in [-0.05, 0) is 47.6 Å². The molecule has 4 fully saturated rings. The number of alkyl halides is 3. The molecule has 4 atom stereocenters. The van der Waals surface area contributed by atoms with Crippen molar-refractivity contribution >= 4 is 23.7 Å². The van der Waals surface area contributed by atoms with Crippen LogP contribution in [0.4, 0.5) is 13.2 Å². The Balaban J connectivity index is -0.000000139.